The van der Waals surface area contributed by atoms with Gasteiger partial charge in [-0.1, -0.05) is 24.3 Å². The quantitative estimate of drug-likeness (QED) is 0.0935. The zero-order chi connectivity index (χ0) is 28.4. The summed E-state index contributed by atoms with van der Waals surface area (Å²) in [4.78, 5) is 57.7. The number of aromatic amines is 1. The van der Waals surface area contributed by atoms with Crippen molar-refractivity contribution >= 4 is 40.7 Å². The first-order chi connectivity index (χ1) is 18.6. The Balaban J connectivity index is 1.94. The molecular formula is C26H32N8O5. The number of aliphatic imine (C=N–C) groups is 1. The van der Waals surface area contributed by atoms with Crippen LogP contribution in [-0.4, -0.2) is 63.9 Å². The number of nitrogens with one attached hydrogen (secondary N) is 3. The van der Waals surface area contributed by atoms with Crippen LogP contribution in [0.15, 0.2) is 59.7 Å². The maximum absolute atomic E-state index is 13.9. The molecule has 39 heavy (non-hydrogen) atoms. The molecule has 0 aliphatic heterocycles. The Hall–Kier alpha value is -5.07. The van der Waals surface area contributed by atoms with E-state index in [9.17, 15) is 19.2 Å². The number of benzene rings is 2. The van der Waals surface area contributed by atoms with E-state index in [0.29, 0.717) is 17.5 Å². The van der Waals surface area contributed by atoms with Gasteiger partial charge in [-0.25, -0.2) is 4.79 Å². The van der Waals surface area contributed by atoms with Crippen molar-refractivity contribution < 1.29 is 24.3 Å². The Bertz CT molecular complexity index is 1350. The number of hydrogen-bond acceptors (Lipinski definition) is 5. The lowest BCUT2D eigenvalue weighted by molar-refractivity contribution is -0.138. The average molecular weight is 537 g/mol. The lowest BCUT2D eigenvalue weighted by atomic mass is 10.0. The molecule has 4 amide bonds. The third-order valence-electron chi connectivity index (χ3n) is 5.93. The van der Waals surface area contributed by atoms with Gasteiger partial charge in [-0.3, -0.25) is 19.4 Å². The van der Waals surface area contributed by atoms with Gasteiger partial charge in [-0.2, -0.15) is 0 Å². The number of hydrogen-bond donors (Lipinski definition) is 7. The van der Waals surface area contributed by atoms with E-state index in [1.165, 1.54) is 4.90 Å². The zero-order valence-electron chi connectivity index (χ0n) is 21.2. The van der Waals surface area contributed by atoms with E-state index in [1.807, 2.05) is 6.07 Å². The lowest BCUT2D eigenvalue weighted by Crippen LogP contribution is -2.50. The topological polar surface area (TPSA) is 222 Å². The summed E-state index contributed by atoms with van der Waals surface area (Å²) >= 11 is 0. The van der Waals surface area contributed by atoms with E-state index in [-0.39, 0.29) is 32.0 Å². The Morgan fingerprint density at radius 3 is 2.36 bits per heavy atom. The van der Waals surface area contributed by atoms with E-state index < -0.39 is 36.4 Å². The smallest absolute Gasteiger partial charge is 0.322 e. The standard InChI is InChI=1S/C26H32N8O5/c27-25(28)31-10-1-2-21(23(37)32-14-22(35)36)34(15-17-5-3-16(4-6-17)13-33-26(29)39)24(38)19-7-8-20-18(12-19)9-11-30-20/h3-9,11-12,21,30H,1-2,10,13-15H2,(H,32,37)(H,35,36)(H4,27,28,31)(H3,29,33,39)/t21-/m1/s1. The second-order valence-corrected chi connectivity index (χ2v) is 8.82. The van der Waals surface area contributed by atoms with Gasteiger partial charge in [0.05, 0.1) is 0 Å². The first-order valence-corrected chi connectivity index (χ1v) is 12.2. The second-order valence-electron chi connectivity index (χ2n) is 8.82. The minimum atomic E-state index is -1.21. The van der Waals surface area contributed by atoms with Crippen LogP contribution < -0.4 is 27.8 Å². The maximum Gasteiger partial charge on any atom is 0.322 e. The molecule has 10 N–H and O–H groups in total. The molecule has 1 atom stereocenters. The van der Waals surface area contributed by atoms with Crippen molar-refractivity contribution in [1.82, 2.24) is 20.5 Å². The number of carboxylic acids is 1. The average Bonchev–Trinajstić information content (AvgIpc) is 3.38. The number of amides is 4. The highest BCUT2D eigenvalue weighted by Crippen LogP contribution is 2.21. The number of urea groups is 1. The number of H-pyrrole nitrogens is 1. The van der Waals surface area contributed by atoms with Crippen LogP contribution in [0.3, 0.4) is 0 Å². The predicted octanol–water partition coefficient (Wildman–Crippen LogP) is 0.602. The molecule has 2 aromatic carbocycles. The largest absolute Gasteiger partial charge is 0.480 e. The first kappa shape index (κ1) is 28.5. The van der Waals surface area contributed by atoms with E-state index in [0.717, 1.165) is 16.5 Å². The minimum absolute atomic E-state index is 0.0565. The van der Waals surface area contributed by atoms with Crippen molar-refractivity contribution in [3.05, 3.63) is 71.4 Å². The van der Waals surface area contributed by atoms with E-state index >= 15 is 0 Å². The molecule has 0 unspecified atom stereocenters. The summed E-state index contributed by atoms with van der Waals surface area (Å²) in [5.74, 6) is -2.32. The van der Waals surface area contributed by atoms with Crippen molar-refractivity contribution in [1.29, 1.82) is 0 Å². The van der Waals surface area contributed by atoms with Crippen molar-refractivity contribution in [2.24, 2.45) is 22.2 Å². The monoisotopic (exact) mass is 536 g/mol. The highest BCUT2D eigenvalue weighted by atomic mass is 16.4. The number of carboxylic acid groups (broad SMARTS) is 1. The molecule has 13 heteroatoms. The van der Waals surface area contributed by atoms with Crippen LogP contribution >= 0.6 is 0 Å². The van der Waals surface area contributed by atoms with Crippen LogP contribution in [-0.2, 0) is 22.7 Å². The lowest BCUT2D eigenvalue weighted by Gasteiger charge is -2.31. The van der Waals surface area contributed by atoms with Crippen molar-refractivity contribution in [3.63, 3.8) is 0 Å². The van der Waals surface area contributed by atoms with Crippen LogP contribution in [0, 0.1) is 0 Å². The molecule has 0 fully saturated rings. The van der Waals surface area contributed by atoms with Gasteiger partial charge in [-0.15, -0.1) is 0 Å². The molecule has 0 aliphatic rings. The number of aromatic nitrogens is 1. The summed E-state index contributed by atoms with van der Waals surface area (Å²) in [7, 11) is 0. The zero-order valence-corrected chi connectivity index (χ0v) is 21.2. The molecular weight excluding hydrogens is 504 g/mol. The van der Waals surface area contributed by atoms with E-state index in [1.54, 1.807) is 48.7 Å². The summed E-state index contributed by atoms with van der Waals surface area (Å²) in [6.45, 7) is -0.0764. The SMILES string of the molecule is NC(=O)NCc1ccc(CN(C(=O)c2ccc3[nH]ccc3c2)[C@H](CCCN=C(N)N)C(=O)NCC(=O)O)cc1. The number of carbonyl (C=O) groups excluding carboxylic acids is 3. The van der Waals surface area contributed by atoms with Crippen molar-refractivity contribution in [2.75, 3.05) is 13.1 Å². The number of guanidine groups is 1. The van der Waals surface area contributed by atoms with Crippen LogP contribution in [0.25, 0.3) is 10.9 Å². The Morgan fingerprint density at radius 1 is 0.974 bits per heavy atom. The number of fused-ring (bicyclic) bond motifs is 1. The molecule has 13 nitrogen and oxygen atoms in total. The maximum atomic E-state index is 13.9. The third-order valence-corrected chi connectivity index (χ3v) is 5.93. The van der Waals surface area contributed by atoms with Gasteiger partial charge in [0.25, 0.3) is 5.91 Å². The predicted molar refractivity (Wildman–Crippen MR) is 145 cm³/mol. The fourth-order valence-electron chi connectivity index (χ4n) is 4.03. The number of aliphatic carboxylic acids is 1. The molecule has 206 valence electrons. The number of primary amides is 1. The van der Waals surface area contributed by atoms with Gasteiger partial charge in [-0.05, 0) is 48.2 Å². The molecule has 3 rings (SSSR count). The van der Waals surface area contributed by atoms with Gasteiger partial charge >= 0.3 is 12.0 Å². The summed E-state index contributed by atoms with van der Waals surface area (Å²) in [5.41, 5.74) is 18.7. The number of rotatable bonds is 13. The first-order valence-electron chi connectivity index (χ1n) is 12.2. The highest BCUT2D eigenvalue weighted by molar-refractivity contribution is 6.00. The summed E-state index contributed by atoms with van der Waals surface area (Å²) < 4.78 is 0. The third kappa shape index (κ3) is 8.49. The van der Waals surface area contributed by atoms with Crippen molar-refractivity contribution in [2.45, 2.75) is 32.0 Å². The fraction of sp³-hybridized carbons (Fsp3) is 0.269. The van der Waals surface area contributed by atoms with Gasteiger partial charge < -0.3 is 42.8 Å². The fourth-order valence-corrected chi connectivity index (χ4v) is 4.03. The van der Waals surface area contributed by atoms with Gasteiger partial charge in [0.15, 0.2) is 5.96 Å². The van der Waals surface area contributed by atoms with E-state index in [4.69, 9.17) is 22.3 Å². The molecule has 0 bridgehead atoms. The Labute approximate surface area is 224 Å². The minimum Gasteiger partial charge on any atom is -0.480 e. The Kier molecular flexibility index (Phi) is 9.84. The summed E-state index contributed by atoms with van der Waals surface area (Å²) in [5, 5.41) is 14.8. The molecule has 3 aromatic rings. The van der Waals surface area contributed by atoms with Crippen LogP contribution in [0.2, 0.25) is 0 Å². The molecule has 0 aliphatic carbocycles. The molecule has 0 saturated carbocycles. The molecule has 0 radical (unpaired) electrons. The normalized spacial score (nSPS) is 11.4. The Morgan fingerprint density at radius 2 is 1.69 bits per heavy atom. The van der Waals surface area contributed by atoms with Gasteiger partial charge in [0.1, 0.15) is 12.6 Å². The number of carbonyl (C=O) groups is 4. The number of nitrogens with zero attached hydrogens (tertiary/aromatic N) is 2. The summed E-state index contributed by atoms with van der Waals surface area (Å²) in [6.07, 6.45) is 2.31. The van der Waals surface area contributed by atoms with E-state index in [2.05, 4.69) is 20.6 Å². The molecule has 0 saturated heterocycles. The van der Waals surface area contributed by atoms with Crippen LogP contribution in [0.5, 0.6) is 0 Å². The molecule has 1 aromatic heterocycles. The molecule has 1 heterocycles. The van der Waals surface area contributed by atoms with Crippen molar-refractivity contribution in [3.8, 4) is 0 Å². The molecule has 0 spiro atoms. The number of nitrogens with two attached hydrogens (primary N) is 3. The summed E-state index contributed by atoms with van der Waals surface area (Å²) in [6, 6.07) is 12.5. The second kappa shape index (κ2) is 13.5. The van der Waals surface area contributed by atoms with Gasteiger partial charge in [0, 0.05) is 42.3 Å². The van der Waals surface area contributed by atoms with Gasteiger partial charge in [0.2, 0.25) is 5.91 Å². The van der Waals surface area contributed by atoms with Crippen LogP contribution in [0.4, 0.5) is 4.79 Å². The highest BCUT2D eigenvalue weighted by Gasteiger charge is 2.31. The van der Waals surface area contributed by atoms with Crippen LogP contribution in [0.1, 0.15) is 34.3 Å².